The molecule has 10 N–H and O–H groups in total. The lowest BCUT2D eigenvalue weighted by atomic mass is 10.0. The standard InChI is InChI=1S/C15H27N7O4.3ClH/c1-7(26-14(25)8(17)4-2-3-5-16)11(23)9-6-19-12-10(20-9)13(24)22-15(18)21-12;;;/h7-9,11,20,23H,2-6,16-17H2,1H3,(H4,18,19,21,22,24);3*1H. The predicted molar refractivity (Wildman–Crippen MR) is 119 cm³/mol. The summed E-state index contributed by atoms with van der Waals surface area (Å²) in [5.41, 5.74) is 16.4. The number of aliphatic hydroxyl groups excluding tert-OH is 1. The molecular weight excluding hydrogens is 449 g/mol. The summed E-state index contributed by atoms with van der Waals surface area (Å²) in [5.74, 6) is -0.278. The van der Waals surface area contributed by atoms with E-state index in [1.54, 1.807) is 6.92 Å². The van der Waals surface area contributed by atoms with Gasteiger partial charge in [-0.1, -0.05) is 6.42 Å². The maximum absolute atomic E-state index is 12.0. The molecule has 4 atom stereocenters. The number of aliphatic hydroxyl groups is 1. The minimum absolute atomic E-state index is 0. The number of unbranched alkanes of at least 4 members (excludes halogenated alkanes) is 1. The average Bonchev–Trinajstić information content (AvgIpc) is 2.60. The number of hydrogen-bond acceptors (Lipinski definition) is 10. The third-order valence-electron chi connectivity index (χ3n) is 4.22. The number of carbonyl (C=O) groups excluding carboxylic acids is 1. The molecule has 0 aromatic carbocycles. The van der Waals surface area contributed by atoms with Crippen molar-refractivity contribution in [1.82, 2.24) is 9.97 Å². The first-order valence-corrected chi connectivity index (χ1v) is 8.58. The van der Waals surface area contributed by atoms with Gasteiger partial charge in [0.05, 0.1) is 6.04 Å². The number of esters is 1. The quantitative estimate of drug-likeness (QED) is 0.190. The fourth-order valence-corrected chi connectivity index (χ4v) is 2.70. The Kier molecular flexibility index (Phi) is 14.0. The second-order valence-corrected chi connectivity index (χ2v) is 6.33. The van der Waals surface area contributed by atoms with Crippen LogP contribution in [0, 0.1) is 0 Å². The van der Waals surface area contributed by atoms with Gasteiger partial charge < -0.3 is 37.7 Å². The molecule has 170 valence electrons. The van der Waals surface area contributed by atoms with Crippen molar-refractivity contribution < 1.29 is 14.6 Å². The molecule has 11 nitrogen and oxygen atoms in total. The van der Waals surface area contributed by atoms with Crippen LogP contribution in [-0.2, 0) is 9.53 Å². The Morgan fingerprint density at radius 3 is 2.62 bits per heavy atom. The molecule has 0 radical (unpaired) electrons. The summed E-state index contributed by atoms with van der Waals surface area (Å²) < 4.78 is 5.26. The van der Waals surface area contributed by atoms with Crippen molar-refractivity contribution >= 4 is 60.6 Å². The smallest absolute Gasteiger partial charge is 0.323 e. The van der Waals surface area contributed by atoms with E-state index in [0.717, 1.165) is 12.8 Å². The SMILES string of the molecule is CC(OC(=O)C(N)CCCCN)C(O)C1CNc2nc(N)[nH]c(=O)c2N1.Cl.Cl.Cl. The lowest BCUT2D eigenvalue weighted by molar-refractivity contribution is -0.155. The lowest BCUT2D eigenvalue weighted by Crippen LogP contribution is -2.50. The van der Waals surface area contributed by atoms with E-state index in [-0.39, 0.29) is 55.4 Å². The maximum atomic E-state index is 12.0. The normalized spacial score (nSPS) is 17.4. The Balaban J connectivity index is 0. The van der Waals surface area contributed by atoms with Crippen LogP contribution < -0.4 is 33.4 Å². The van der Waals surface area contributed by atoms with Crippen molar-refractivity contribution in [1.29, 1.82) is 0 Å². The van der Waals surface area contributed by atoms with E-state index in [0.29, 0.717) is 18.8 Å². The topological polar surface area (TPSA) is 194 Å². The minimum Gasteiger partial charge on any atom is -0.459 e. The number of hydrogen-bond donors (Lipinski definition) is 7. The van der Waals surface area contributed by atoms with Gasteiger partial charge >= 0.3 is 5.97 Å². The number of anilines is 3. The second kappa shape index (κ2) is 13.7. The van der Waals surface area contributed by atoms with Gasteiger partial charge in [-0.15, -0.1) is 37.2 Å². The Morgan fingerprint density at radius 1 is 1.34 bits per heavy atom. The molecule has 0 bridgehead atoms. The molecule has 1 aromatic rings. The van der Waals surface area contributed by atoms with E-state index in [1.807, 2.05) is 0 Å². The number of nitrogens with two attached hydrogens (primary N) is 3. The van der Waals surface area contributed by atoms with Crippen LogP contribution in [0.5, 0.6) is 0 Å². The Labute approximate surface area is 187 Å². The van der Waals surface area contributed by atoms with Crippen LogP contribution in [0.3, 0.4) is 0 Å². The molecule has 14 heteroatoms. The average molecular weight is 479 g/mol. The summed E-state index contributed by atoms with van der Waals surface area (Å²) >= 11 is 0. The number of aromatic nitrogens is 2. The van der Waals surface area contributed by atoms with E-state index in [2.05, 4.69) is 20.6 Å². The van der Waals surface area contributed by atoms with Crippen LogP contribution in [0.25, 0.3) is 0 Å². The van der Waals surface area contributed by atoms with Crippen molar-refractivity contribution in [2.75, 3.05) is 29.5 Å². The van der Waals surface area contributed by atoms with Crippen molar-refractivity contribution in [3.8, 4) is 0 Å². The molecule has 0 amide bonds. The molecule has 1 aliphatic rings. The summed E-state index contributed by atoms with van der Waals surface area (Å²) in [6.45, 7) is 2.38. The van der Waals surface area contributed by atoms with Crippen LogP contribution >= 0.6 is 37.2 Å². The third kappa shape index (κ3) is 8.03. The van der Waals surface area contributed by atoms with Gasteiger partial charge in [-0.3, -0.25) is 14.6 Å². The van der Waals surface area contributed by atoms with Crippen molar-refractivity contribution in [3.63, 3.8) is 0 Å². The first-order valence-electron chi connectivity index (χ1n) is 8.58. The second-order valence-electron chi connectivity index (χ2n) is 6.33. The fourth-order valence-electron chi connectivity index (χ4n) is 2.70. The van der Waals surface area contributed by atoms with Gasteiger partial charge in [0.25, 0.3) is 5.56 Å². The molecule has 29 heavy (non-hydrogen) atoms. The number of rotatable bonds is 8. The first-order chi connectivity index (χ1) is 12.3. The highest BCUT2D eigenvalue weighted by atomic mass is 35.5. The number of H-pyrrole nitrogens is 1. The maximum Gasteiger partial charge on any atom is 0.323 e. The number of halogens is 3. The summed E-state index contributed by atoms with van der Waals surface area (Å²) in [5, 5.41) is 16.3. The van der Waals surface area contributed by atoms with E-state index < -0.39 is 35.8 Å². The Bertz CT molecular complexity index is 694. The minimum atomic E-state index is -1.06. The van der Waals surface area contributed by atoms with Crippen molar-refractivity contribution in [2.45, 2.75) is 50.5 Å². The van der Waals surface area contributed by atoms with Crippen LogP contribution in [0.2, 0.25) is 0 Å². The van der Waals surface area contributed by atoms with Gasteiger partial charge in [0.15, 0.2) is 5.82 Å². The molecular formula is C15H30Cl3N7O4. The molecule has 0 saturated heterocycles. The van der Waals surface area contributed by atoms with Gasteiger partial charge in [-0.25, -0.2) is 0 Å². The molecule has 4 unspecified atom stereocenters. The van der Waals surface area contributed by atoms with Crippen LogP contribution in [0.4, 0.5) is 17.5 Å². The highest BCUT2D eigenvalue weighted by molar-refractivity contribution is 5.86. The highest BCUT2D eigenvalue weighted by Crippen LogP contribution is 2.22. The van der Waals surface area contributed by atoms with Crippen molar-refractivity contribution in [2.24, 2.45) is 11.5 Å². The van der Waals surface area contributed by atoms with Crippen LogP contribution in [0.1, 0.15) is 26.2 Å². The van der Waals surface area contributed by atoms with E-state index in [4.69, 9.17) is 21.9 Å². The first kappa shape index (κ1) is 29.7. The summed E-state index contributed by atoms with van der Waals surface area (Å²) in [6.07, 6.45) is 0.104. The molecule has 1 aromatic heterocycles. The molecule has 0 saturated carbocycles. The predicted octanol–water partition coefficient (Wildman–Crippen LogP) is -0.428. The third-order valence-corrected chi connectivity index (χ3v) is 4.22. The summed E-state index contributed by atoms with van der Waals surface area (Å²) in [6, 6.07) is -1.32. The van der Waals surface area contributed by atoms with Crippen LogP contribution in [0.15, 0.2) is 4.79 Å². The number of carbonyl (C=O) groups is 1. The molecule has 2 heterocycles. The zero-order chi connectivity index (χ0) is 19.3. The molecule has 0 aliphatic carbocycles. The number of aromatic amines is 1. The molecule has 0 fully saturated rings. The van der Waals surface area contributed by atoms with Gasteiger partial charge in [-0.2, -0.15) is 4.98 Å². The Hall–Kier alpha value is -1.50. The van der Waals surface area contributed by atoms with Crippen molar-refractivity contribution in [3.05, 3.63) is 10.4 Å². The number of nitrogen functional groups attached to an aromatic ring is 1. The lowest BCUT2D eigenvalue weighted by Gasteiger charge is -2.33. The molecule has 1 aliphatic heterocycles. The molecule has 2 rings (SSSR count). The number of fused-ring (bicyclic) bond motifs is 1. The van der Waals surface area contributed by atoms with Gasteiger partial charge in [-0.05, 0) is 26.3 Å². The summed E-state index contributed by atoms with van der Waals surface area (Å²) in [4.78, 5) is 30.3. The number of ether oxygens (including phenoxy) is 1. The van der Waals surface area contributed by atoms with E-state index >= 15 is 0 Å². The zero-order valence-electron chi connectivity index (χ0n) is 15.9. The number of nitrogens with zero attached hydrogens (tertiary/aromatic N) is 1. The van der Waals surface area contributed by atoms with Gasteiger partial charge in [0, 0.05) is 6.54 Å². The largest absolute Gasteiger partial charge is 0.459 e. The van der Waals surface area contributed by atoms with Crippen LogP contribution in [-0.4, -0.2) is 58.4 Å². The summed E-state index contributed by atoms with van der Waals surface area (Å²) in [7, 11) is 0. The monoisotopic (exact) mass is 477 g/mol. The fraction of sp³-hybridized carbons (Fsp3) is 0.667. The van der Waals surface area contributed by atoms with E-state index in [9.17, 15) is 14.7 Å². The number of nitrogens with one attached hydrogen (secondary N) is 3. The van der Waals surface area contributed by atoms with Gasteiger partial charge in [0.1, 0.15) is 23.9 Å². The zero-order valence-corrected chi connectivity index (χ0v) is 18.4. The Morgan fingerprint density at radius 2 is 2.00 bits per heavy atom. The highest BCUT2D eigenvalue weighted by Gasteiger charge is 2.32. The van der Waals surface area contributed by atoms with E-state index in [1.165, 1.54) is 0 Å². The van der Waals surface area contributed by atoms with Gasteiger partial charge in [0.2, 0.25) is 5.95 Å². The molecule has 0 spiro atoms.